The Morgan fingerprint density at radius 2 is 0.350 bits per heavy atom. The lowest BCUT2D eigenvalue weighted by molar-refractivity contribution is 1.18. The van der Waals surface area contributed by atoms with Crippen molar-refractivity contribution in [3.05, 3.63) is 388 Å². The predicted octanol–water partition coefficient (Wildman–Crippen LogP) is 27.1. The Bertz CT molecular complexity index is 5850. The van der Waals surface area contributed by atoms with E-state index < -0.39 is 0 Å². The summed E-state index contributed by atoms with van der Waals surface area (Å²) in [5.74, 6) is 0. The quantitative estimate of drug-likeness (QED) is 0.114. The van der Waals surface area contributed by atoms with Crippen molar-refractivity contribution in [2.24, 2.45) is 0 Å². The first-order valence-electron chi connectivity index (χ1n) is 34.3. The van der Waals surface area contributed by atoms with Gasteiger partial charge >= 0.3 is 0 Å². The standard InChI is InChI=1S/C96H64N4/c1-7-19-75-57-87(49-33-65(75)13-1)97(88-50-34-66-14-2-8-20-76(66)58-88)83-41-25-71(26-42-83)72-27-47-86(48-28-72)100-95-55-39-81(73-29-43-84(44-30-73)98(89-51-35-67-15-3-9-21-77(67)59-89)90-52-36-68-16-4-10-22-78(68)60-90)63-93(95)94-64-82(40-56-96(94)100)74-31-45-85(46-32-74)99(91-53-37-69-17-5-11-23-79(69)61-91)92-54-38-70-18-6-12-24-80(70)62-92/h1-64H. The van der Waals surface area contributed by atoms with Crippen molar-refractivity contribution in [1.82, 2.24) is 4.57 Å². The van der Waals surface area contributed by atoms with Crippen LogP contribution in [0.4, 0.5) is 51.2 Å². The lowest BCUT2D eigenvalue weighted by Crippen LogP contribution is -2.09. The molecule has 4 nitrogen and oxygen atoms in total. The molecule has 19 rings (SSSR count). The Balaban J connectivity index is 0.700. The summed E-state index contributed by atoms with van der Waals surface area (Å²) in [4.78, 5) is 7.13. The monoisotopic (exact) mass is 1270 g/mol. The Labute approximate surface area is 580 Å². The predicted molar refractivity (Wildman–Crippen MR) is 426 cm³/mol. The number of benzene rings is 18. The molecule has 4 heteroatoms. The lowest BCUT2D eigenvalue weighted by atomic mass is 9.99. The molecule has 0 atom stereocenters. The van der Waals surface area contributed by atoms with Gasteiger partial charge in [-0.3, -0.25) is 0 Å². The molecule has 0 saturated carbocycles. The van der Waals surface area contributed by atoms with Gasteiger partial charge in [-0.15, -0.1) is 0 Å². The molecule has 19 aromatic rings. The zero-order valence-electron chi connectivity index (χ0n) is 54.7. The van der Waals surface area contributed by atoms with Gasteiger partial charge in [0.05, 0.1) is 11.0 Å². The molecule has 0 unspecified atom stereocenters. The van der Waals surface area contributed by atoms with Gasteiger partial charge < -0.3 is 19.3 Å². The highest BCUT2D eigenvalue weighted by atomic mass is 15.2. The molecule has 18 aromatic carbocycles. The number of nitrogens with zero attached hydrogens (tertiary/aromatic N) is 4. The van der Waals surface area contributed by atoms with Crippen molar-refractivity contribution in [3.63, 3.8) is 0 Å². The fourth-order valence-corrected chi connectivity index (χ4v) is 15.1. The van der Waals surface area contributed by atoms with E-state index in [9.17, 15) is 0 Å². The van der Waals surface area contributed by atoms with Crippen LogP contribution in [-0.4, -0.2) is 4.57 Å². The highest BCUT2D eigenvalue weighted by Gasteiger charge is 2.21. The third kappa shape index (κ3) is 10.6. The molecule has 468 valence electrons. The van der Waals surface area contributed by atoms with Crippen molar-refractivity contribution in [1.29, 1.82) is 0 Å². The Morgan fingerprint density at radius 1 is 0.150 bits per heavy atom. The van der Waals surface area contributed by atoms with Crippen LogP contribution in [-0.2, 0) is 0 Å². The van der Waals surface area contributed by atoms with E-state index in [4.69, 9.17) is 0 Å². The molecule has 0 saturated heterocycles. The van der Waals surface area contributed by atoms with E-state index in [2.05, 4.69) is 408 Å². The first-order chi connectivity index (χ1) is 49.5. The molecule has 0 aliphatic rings. The average molecular weight is 1270 g/mol. The average Bonchev–Trinajstić information content (AvgIpc) is 1.57. The van der Waals surface area contributed by atoms with Crippen molar-refractivity contribution < 1.29 is 0 Å². The van der Waals surface area contributed by atoms with E-state index in [1.807, 2.05) is 0 Å². The summed E-state index contributed by atoms with van der Waals surface area (Å²) < 4.78 is 2.44. The molecular weight excluding hydrogens is 1210 g/mol. The van der Waals surface area contributed by atoms with Gasteiger partial charge in [0.15, 0.2) is 0 Å². The molecule has 1 heterocycles. The fraction of sp³-hybridized carbons (Fsp3) is 0. The highest BCUT2D eigenvalue weighted by molar-refractivity contribution is 6.12. The molecule has 0 spiro atoms. The minimum Gasteiger partial charge on any atom is -0.310 e. The second kappa shape index (κ2) is 24.4. The normalized spacial score (nSPS) is 11.6. The summed E-state index contributed by atoms with van der Waals surface area (Å²) in [6.07, 6.45) is 0. The third-order valence-electron chi connectivity index (χ3n) is 20.2. The fourth-order valence-electron chi connectivity index (χ4n) is 15.1. The second-order valence-electron chi connectivity index (χ2n) is 26.2. The van der Waals surface area contributed by atoms with E-state index in [-0.39, 0.29) is 0 Å². The molecule has 1 aromatic heterocycles. The molecule has 0 amide bonds. The Hall–Kier alpha value is -13.3. The first-order valence-corrected chi connectivity index (χ1v) is 34.3. The maximum Gasteiger partial charge on any atom is 0.0541 e. The first kappa shape index (κ1) is 58.1. The van der Waals surface area contributed by atoms with Crippen LogP contribution in [0.15, 0.2) is 388 Å². The zero-order chi connectivity index (χ0) is 66.0. The number of hydrogen-bond donors (Lipinski definition) is 0. The lowest BCUT2D eigenvalue weighted by Gasteiger charge is -2.26. The second-order valence-corrected chi connectivity index (χ2v) is 26.2. The SMILES string of the molecule is c1ccc2cc(N(c3ccc(-c4ccc(-n5c6ccc(-c7ccc(N(c8ccc9ccccc9c8)c8ccc9ccccc9c8)cc7)cc6c6cc(-c7ccc(N(c8ccc9ccccc9c8)c8ccc9ccccc9c8)cc7)ccc65)cc4)cc3)c3ccc4ccccc4c3)ccc2c1. The van der Waals surface area contributed by atoms with Gasteiger partial charge in [-0.05, 0) is 244 Å². The molecule has 0 fully saturated rings. The van der Waals surface area contributed by atoms with Crippen molar-refractivity contribution >= 4 is 138 Å². The maximum absolute atomic E-state index is 2.44. The molecule has 0 N–H and O–H groups in total. The number of aromatic nitrogens is 1. The van der Waals surface area contributed by atoms with Gasteiger partial charge in [0, 0.05) is 67.6 Å². The van der Waals surface area contributed by atoms with E-state index in [1.165, 1.54) is 75.4 Å². The third-order valence-corrected chi connectivity index (χ3v) is 20.2. The maximum atomic E-state index is 2.44. The topological polar surface area (TPSA) is 14.7 Å². The van der Waals surface area contributed by atoms with Crippen LogP contribution in [0.5, 0.6) is 0 Å². The molecule has 0 bridgehead atoms. The van der Waals surface area contributed by atoms with Crippen LogP contribution in [0.1, 0.15) is 0 Å². The Morgan fingerprint density at radius 3 is 0.600 bits per heavy atom. The number of anilines is 9. The summed E-state index contributed by atoms with van der Waals surface area (Å²) in [7, 11) is 0. The van der Waals surface area contributed by atoms with Gasteiger partial charge in [-0.2, -0.15) is 0 Å². The highest BCUT2D eigenvalue weighted by Crippen LogP contribution is 2.45. The molecular formula is C96H64N4. The van der Waals surface area contributed by atoms with Crippen LogP contribution in [0.2, 0.25) is 0 Å². The molecule has 100 heavy (non-hydrogen) atoms. The van der Waals surface area contributed by atoms with Gasteiger partial charge in [0.1, 0.15) is 0 Å². The van der Waals surface area contributed by atoms with Crippen LogP contribution in [0.3, 0.4) is 0 Å². The summed E-state index contributed by atoms with van der Waals surface area (Å²) in [5, 5.41) is 16.9. The van der Waals surface area contributed by atoms with Crippen molar-refractivity contribution in [3.8, 4) is 39.1 Å². The molecule has 0 aliphatic heterocycles. The van der Waals surface area contributed by atoms with Crippen LogP contribution < -0.4 is 14.7 Å². The van der Waals surface area contributed by atoms with E-state index in [1.54, 1.807) is 0 Å². The summed E-state index contributed by atoms with van der Waals surface area (Å²) in [6.45, 7) is 0. The number of rotatable bonds is 13. The number of hydrogen-bond acceptors (Lipinski definition) is 3. The summed E-state index contributed by atoms with van der Waals surface area (Å²) in [5.41, 5.74) is 20.2. The van der Waals surface area contributed by atoms with Gasteiger partial charge in [-0.1, -0.05) is 243 Å². The zero-order valence-corrected chi connectivity index (χ0v) is 54.7. The molecule has 0 aliphatic carbocycles. The van der Waals surface area contributed by atoms with Gasteiger partial charge in [0.2, 0.25) is 0 Å². The minimum atomic E-state index is 1.09. The smallest absolute Gasteiger partial charge is 0.0541 e. The van der Waals surface area contributed by atoms with Crippen molar-refractivity contribution in [2.45, 2.75) is 0 Å². The van der Waals surface area contributed by atoms with Crippen LogP contribution in [0.25, 0.3) is 126 Å². The largest absolute Gasteiger partial charge is 0.310 e. The van der Waals surface area contributed by atoms with E-state index >= 15 is 0 Å². The van der Waals surface area contributed by atoms with E-state index in [0.29, 0.717) is 0 Å². The van der Waals surface area contributed by atoms with E-state index in [0.717, 1.165) is 101 Å². The van der Waals surface area contributed by atoms with Gasteiger partial charge in [-0.25, -0.2) is 0 Å². The number of fused-ring (bicyclic) bond motifs is 9. The van der Waals surface area contributed by atoms with Gasteiger partial charge in [0.25, 0.3) is 0 Å². The molecule has 0 radical (unpaired) electrons. The summed E-state index contributed by atoms with van der Waals surface area (Å²) in [6, 6.07) is 143. The van der Waals surface area contributed by atoms with Crippen LogP contribution >= 0.6 is 0 Å². The Kier molecular flexibility index (Phi) is 14.2. The van der Waals surface area contributed by atoms with Crippen LogP contribution in [0, 0.1) is 0 Å². The summed E-state index contributed by atoms with van der Waals surface area (Å²) >= 11 is 0. The minimum absolute atomic E-state index is 1.09. The van der Waals surface area contributed by atoms with Crippen molar-refractivity contribution in [2.75, 3.05) is 14.7 Å².